The van der Waals surface area contributed by atoms with E-state index >= 15 is 0 Å². The quantitative estimate of drug-likeness (QED) is 0.642. The maximum absolute atomic E-state index is 12.3. The average molecular weight is 386 g/mol. The van der Waals surface area contributed by atoms with E-state index in [2.05, 4.69) is 10.3 Å². The Morgan fingerprint density at radius 3 is 2.85 bits per heavy atom. The van der Waals surface area contributed by atoms with Gasteiger partial charge in [0.25, 0.3) is 5.91 Å². The van der Waals surface area contributed by atoms with Crippen molar-refractivity contribution in [3.8, 4) is 16.5 Å². The number of amides is 1. The molecule has 2 aromatic heterocycles. The van der Waals surface area contributed by atoms with Crippen LogP contribution in [0.15, 0.2) is 46.2 Å². The first kappa shape index (κ1) is 19.1. The number of aryl methyl sites for hydroxylation is 1. The largest absolute Gasteiger partial charge is 0.491 e. The van der Waals surface area contributed by atoms with Gasteiger partial charge in [-0.05, 0) is 50.6 Å². The second-order valence-electron chi connectivity index (χ2n) is 6.41. The lowest BCUT2D eigenvalue weighted by atomic mass is 10.1. The summed E-state index contributed by atoms with van der Waals surface area (Å²) >= 11 is 1.34. The molecule has 1 aromatic carbocycles. The van der Waals surface area contributed by atoms with Crippen LogP contribution < -0.4 is 10.1 Å². The summed E-state index contributed by atoms with van der Waals surface area (Å²) in [6.07, 6.45) is -0.788. The molecule has 27 heavy (non-hydrogen) atoms. The van der Waals surface area contributed by atoms with Gasteiger partial charge in [0.2, 0.25) is 0 Å². The molecule has 1 amide bonds. The Labute approximate surface area is 161 Å². The van der Waals surface area contributed by atoms with Gasteiger partial charge in [-0.25, -0.2) is 4.98 Å². The van der Waals surface area contributed by atoms with E-state index in [0.717, 1.165) is 5.76 Å². The smallest absolute Gasteiger partial charge is 0.270 e. The molecule has 0 saturated heterocycles. The van der Waals surface area contributed by atoms with E-state index in [0.29, 0.717) is 27.8 Å². The number of hydrogen-bond acceptors (Lipinski definition) is 6. The number of benzene rings is 1. The fraction of sp³-hybridized carbons (Fsp3) is 0.300. The Balaban J connectivity index is 1.60. The highest BCUT2D eigenvalue weighted by Gasteiger charge is 2.16. The van der Waals surface area contributed by atoms with Crippen molar-refractivity contribution in [3.63, 3.8) is 0 Å². The number of nitrogens with zero attached hydrogens (tertiary/aromatic N) is 1. The highest BCUT2D eigenvalue weighted by Crippen LogP contribution is 2.25. The summed E-state index contributed by atoms with van der Waals surface area (Å²) in [4.78, 5) is 16.6. The van der Waals surface area contributed by atoms with Crippen molar-refractivity contribution >= 4 is 17.2 Å². The standard InChI is InChI=1S/C20H22N2O4S/c1-12(2)25-15-6-4-5-14(9-15)17(23)10-21-19(24)16-11-27-20(22-16)18-8-7-13(3)26-18/h4-9,11-12,17,23H,10H2,1-3H3,(H,21,24). The van der Waals surface area contributed by atoms with Crippen molar-refractivity contribution in [2.75, 3.05) is 6.54 Å². The fourth-order valence-corrected chi connectivity index (χ4v) is 3.27. The Bertz CT molecular complexity index is 916. The van der Waals surface area contributed by atoms with Gasteiger partial charge in [0.15, 0.2) is 10.8 Å². The lowest BCUT2D eigenvalue weighted by Gasteiger charge is -2.14. The minimum atomic E-state index is -0.838. The van der Waals surface area contributed by atoms with Crippen molar-refractivity contribution in [2.45, 2.75) is 33.0 Å². The monoisotopic (exact) mass is 386 g/mol. The Hall–Kier alpha value is -2.64. The second-order valence-corrected chi connectivity index (χ2v) is 7.27. The van der Waals surface area contributed by atoms with Gasteiger partial charge in [-0.1, -0.05) is 12.1 Å². The van der Waals surface area contributed by atoms with Crippen molar-refractivity contribution in [1.29, 1.82) is 0 Å². The third-order valence-electron chi connectivity index (χ3n) is 3.76. The van der Waals surface area contributed by atoms with E-state index in [1.807, 2.05) is 45.0 Å². The number of ether oxygens (including phenoxy) is 1. The molecule has 3 rings (SSSR count). The molecule has 0 aliphatic rings. The zero-order valence-electron chi connectivity index (χ0n) is 15.4. The maximum atomic E-state index is 12.3. The van der Waals surface area contributed by atoms with Gasteiger partial charge in [-0.2, -0.15) is 0 Å². The third-order valence-corrected chi connectivity index (χ3v) is 4.62. The molecule has 0 aliphatic carbocycles. The lowest BCUT2D eigenvalue weighted by Crippen LogP contribution is -2.28. The minimum absolute atomic E-state index is 0.0499. The molecule has 2 heterocycles. The topological polar surface area (TPSA) is 84.6 Å². The SMILES string of the molecule is Cc1ccc(-c2nc(C(=O)NCC(O)c3cccc(OC(C)C)c3)cs2)o1. The highest BCUT2D eigenvalue weighted by atomic mass is 32.1. The molecule has 0 radical (unpaired) electrons. The molecule has 2 N–H and O–H groups in total. The van der Waals surface area contributed by atoms with Crippen LogP contribution >= 0.6 is 11.3 Å². The van der Waals surface area contributed by atoms with Crippen LogP contribution in [0.3, 0.4) is 0 Å². The average Bonchev–Trinajstić information content (AvgIpc) is 3.28. The van der Waals surface area contributed by atoms with Crippen LogP contribution in [0.5, 0.6) is 5.75 Å². The van der Waals surface area contributed by atoms with Crippen LogP contribution in [0.2, 0.25) is 0 Å². The Morgan fingerprint density at radius 1 is 1.33 bits per heavy atom. The molecule has 0 saturated carbocycles. The van der Waals surface area contributed by atoms with Crippen LogP contribution in [0.25, 0.3) is 10.8 Å². The molecule has 1 atom stereocenters. The number of rotatable bonds is 7. The molecular weight excluding hydrogens is 364 g/mol. The van der Waals surface area contributed by atoms with Gasteiger partial charge in [-0.15, -0.1) is 11.3 Å². The predicted molar refractivity (Wildman–Crippen MR) is 104 cm³/mol. The molecule has 1 unspecified atom stereocenters. The molecular formula is C20H22N2O4S. The molecule has 7 heteroatoms. The summed E-state index contributed by atoms with van der Waals surface area (Å²) in [6.45, 7) is 5.81. The van der Waals surface area contributed by atoms with E-state index < -0.39 is 6.10 Å². The van der Waals surface area contributed by atoms with Gasteiger partial charge >= 0.3 is 0 Å². The molecule has 0 aliphatic heterocycles. The lowest BCUT2D eigenvalue weighted by molar-refractivity contribution is 0.0912. The molecule has 0 bridgehead atoms. The third kappa shape index (κ3) is 4.96. The number of furan rings is 1. The van der Waals surface area contributed by atoms with Crippen molar-refractivity contribution in [3.05, 3.63) is 58.8 Å². The van der Waals surface area contributed by atoms with Crippen molar-refractivity contribution in [1.82, 2.24) is 10.3 Å². The van der Waals surface area contributed by atoms with Crippen molar-refractivity contribution in [2.24, 2.45) is 0 Å². The van der Waals surface area contributed by atoms with Crippen molar-refractivity contribution < 1.29 is 19.1 Å². The number of carbonyl (C=O) groups is 1. The molecule has 0 spiro atoms. The number of carbonyl (C=O) groups excluding carboxylic acids is 1. The number of aromatic nitrogens is 1. The van der Waals surface area contributed by atoms with Crippen LogP contribution in [-0.2, 0) is 0 Å². The normalized spacial score (nSPS) is 12.2. The highest BCUT2D eigenvalue weighted by molar-refractivity contribution is 7.13. The zero-order chi connectivity index (χ0) is 19.4. The van der Waals surface area contributed by atoms with Gasteiger partial charge in [0.1, 0.15) is 17.2 Å². The summed E-state index contributed by atoms with van der Waals surface area (Å²) in [5.41, 5.74) is 0.978. The van der Waals surface area contributed by atoms with E-state index in [1.54, 1.807) is 17.5 Å². The van der Waals surface area contributed by atoms with Gasteiger partial charge in [0.05, 0.1) is 12.2 Å². The molecule has 6 nitrogen and oxygen atoms in total. The molecule has 142 valence electrons. The second kappa shape index (κ2) is 8.37. The van der Waals surface area contributed by atoms with Gasteiger partial charge in [0, 0.05) is 11.9 Å². The van der Waals surface area contributed by atoms with E-state index in [9.17, 15) is 9.90 Å². The summed E-state index contributed by atoms with van der Waals surface area (Å²) < 4.78 is 11.2. The first-order valence-electron chi connectivity index (χ1n) is 8.67. The summed E-state index contributed by atoms with van der Waals surface area (Å²) in [6, 6.07) is 10.9. The first-order chi connectivity index (χ1) is 12.9. The minimum Gasteiger partial charge on any atom is -0.491 e. The molecule has 3 aromatic rings. The first-order valence-corrected chi connectivity index (χ1v) is 9.55. The van der Waals surface area contributed by atoms with Crippen LogP contribution in [-0.4, -0.2) is 28.6 Å². The zero-order valence-corrected chi connectivity index (χ0v) is 16.2. The van der Waals surface area contributed by atoms with E-state index in [-0.39, 0.29) is 18.6 Å². The number of hydrogen-bond donors (Lipinski definition) is 2. The number of thiazole rings is 1. The summed E-state index contributed by atoms with van der Waals surface area (Å²) in [7, 11) is 0. The fourth-order valence-electron chi connectivity index (χ4n) is 2.51. The van der Waals surface area contributed by atoms with Gasteiger partial charge in [-0.3, -0.25) is 4.79 Å². The van der Waals surface area contributed by atoms with Gasteiger partial charge < -0.3 is 19.6 Å². The Morgan fingerprint density at radius 2 is 2.15 bits per heavy atom. The number of nitrogens with one attached hydrogen (secondary N) is 1. The Kier molecular flexibility index (Phi) is 5.93. The number of aliphatic hydroxyl groups excluding tert-OH is 1. The van der Waals surface area contributed by atoms with Crippen LogP contribution in [0.1, 0.15) is 41.8 Å². The predicted octanol–water partition coefficient (Wildman–Crippen LogP) is 3.96. The summed E-state index contributed by atoms with van der Waals surface area (Å²) in [5.74, 6) is 1.77. The molecule has 0 fully saturated rings. The van der Waals surface area contributed by atoms with E-state index in [1.165, 1.54) is 11.3 Å². The van der Waals surface area contributed by atoms with Crippen LogP contribution in [0, 0.1) is 6.92 Å². The van der Waals surface area contributed by atoms with Crippen LogP contribution in [0.4, 0.5) is 0 Å². The maximum Gasteiger partial charge on any atom is 0.270 e. The summed E-state index contributed by atoms with van der Waals surface area (Å²) in [5, 5.41) is 15.4. The van der Waals surface area contributed by atoms with E-state index in [4.69, 9.17) is 9.15 Å². The number of aliphatic hydroxyl groups is 1.